The summed E-state index contributed by atoms with van der Waals surface area (Å²) < 4.78 is 5.28. The van der Waals surface area contributed by atoms with Crippen LogP contribution in [0.15, 0.2) is 30.0 Å². The van der Waals surface area contributed by atoms with Crippen molar-refractivity contribution in [2.24, 2.45) is 0 Å². The van der Waals surface area contributed by atoms with E-state index in [1.807, 2.05) is 24.3 Å². The SMILES string of the molecule is O=C(C1=CCCO1)c1ccc2c(c1)CCN2. The Hall–Kier alpha value is -1.77. The first-order valence-electron chi connectivity index (χ1n) is 5.59. The molecule has 1 aromatic carbocycles. The summed E-state index contributed by atoms with van der Waals surface area (Å²) >= 11 is 0. The van der Waals surface area contributed by atoms with Crippen LogP contribution in [0.3, 0.4) is 0 Å². The maximum atomic E-state index is 12.0. The van der Waals surface area contributed by atoms with Gasteiger partial charge in [-0.3, -0.25) is 4.79 Å². The number of nitrogens with one attached hydrogen (secondary N) is 1. The van der Waals surface area contributed by atoms with Crippen LogP contribution in [-0.2, 0) is 11.2 Å². The van der Waals surface area contributed by atoms with Gasteiger partial charge in [-0.2, -0.15) is 0 Å². The van der Waals surface area contributed by atoms with E-state index in [0.29, 0.717) is 12.4 Å². The van der Waals surface area contributed by atoms with Crippen LogP contribution in [0.4, 0.5) is 5.69 Å². The number of rotatable bonds is 2. The fourth-order valence-corrected chi connectivity index (χ4v) is 2.16. The summed E-state index contributed by atoms with van der Waals surface area (Å²) in [5.41, 5.74) is 3.11. The van der Waals surface area contributed by atoms with Crippen LogP contribution in [-0.4, -0.2) is 18.9 Å². The summed E-state index contributed by atoms with van der Waals surface area (Å²) in [5.74, 6) is 0.512. The van der Waals surface area contributed by atoms with Crippen LogP contribution in [0, 0.1) is 0 Å². The topological polar surface area (TPSA) is 38.3 Å². The average Bonchev–Trinajstić information content (AvgIpc) is 2.98. The number of allylic oxidation sites excluding steroid dienone is 1. The van der Waals surface area contributed by atoms with Gasteiger partial charge < -0.3 is 10.1 Å². The minimum absolute atomic E-state index is 0.00667. The van der Waals surface area contributed by atoms with Crippen LogP contribution in [0.25, 0.3) is 0 Å². The first-order chi connectivity index (χ1) is 7.84. The Balaban J connectivity index is 1.92. The molecule has 2 aliphatic heterocycles. The molecule has 2 aliphatic rings. The fourth-order valence-electron chi connectivity index (χ4n) is 2.16. The maximum absolute atomic E-state index is 12.0. The van der Waals surface area contributed by atoms with Crippen LogP contribution in [0.2, 0.25) is 0 Å². The molecular formula is C13H13NO2. The molecule has 0 aromatic heterocycles. The minimum atomic E-state index is 0.00667. The molecule has 16 heavy (non-hydrogen) atoms. The van der Waals surface area contributed by atoms with Gasteiger partial charge in [0.2, 0.25) is 5.78 Å². The van der Waals surface area contributed by atoms with Crippen LogP contribution in [0.1, 0.15) is 22.3 Å². The predicted molar refractivity (Wildman–Crippen MR) is 61.6 cm³/mol. The molecule has 0 amide bonds. The Morgan fingerprint density at radius 3 is 3.12 bits per heavy atom. The molecule has 0 aliphatic carbocycles. The molecule has 0 spiro atoms. The summed E-state index contributed by atoms with van der Waals surface area (Å²) in [6, 6.07) is 5.81. The van der Waals surface area contributed by atoms with Gasteiger partial charge in [-0.15, -0.1) is 0 Å². The van der Waals surface area contributed by atoms with Crippen molar-refractivity contribution in [1.29, 1.82) is 0 Å². The number of hydrogen-bond donors (Lipinski definition) is 1. The second-order valence-electron chi connectivity index (χ2n) is 4.08. The van der Waals surface area contributed by atoms with Gasteiger partial charge in [0.25, 0.3) is 0 Å². The zero-order chi connectivity index (χ0) is 11.0. The van der Waals surface area contributed by atoms with Gasteiger partial charge in [0.1, 0.15) is 0 Å². The highest BCUT2D eigenvalue weighted by molar-refractivity contribution is 6.07. The molecule has 3 nitrogen and oxygen atoms in total. The Morgan fingerprint density at radius 1 is 1.38 bits per heavy atom. The first kappa shape index (κ1) is 9.46. The lowest BCUT2D eigenvalue weighted by atomic mass is 10.0. The molecule has 0 saturated carbocycles. The average molecular weight is 215 g/mol. The van der Waals surface area contributed by atoms with E-state index in [4.69, 9.17) is 4.74 Å². The molecule has 1 aromatic rings. The van der Waals surface area contributed by atoms with Gasteiger partial charge in [-0.1, -0.05) is 0 Å². The normalized spacial score (nSPS) is 17.4. The van der Waals surface area contributed by atoms with Crippen molar-refractivity contribution < 1.29 is 9.53 Å². The lowest BCUT2D eigenvalue weighted by Gasteiger charge is -2.05. The van der Waals surface area contributed by atoms with Crippen molar-refractivity contribution in [3.63, 3.8) is 0 Å². The fraction of sp³-hybridized carbons (Fsp3) is 0.308. The van der Waals surface area contributed by atoms with Crippen molar-refractivity contribution >= 4 is 11.5 Å². The highest BCUT2D eigenvalue weighted by Gasteiger charge is 2.19. The summed E-state index contributed by atoms with van der Waals surface area (Å²) in [5, 5.41) is 3.28. The summed E-state index contributed by atoms with van der Waals surface area (Å²) in [6.45, 7) is 1.60. The van der Waals surface area contributed by atoms with Gasteiger partial charge in [-0.25, -0.2) is 0 Å². The van der Waals surface area contributed by atoms with E-state index >= 15 is 0 Å². The zero-order valence-corrected chi connectivity index (χ0v) is 8.95. The standard InChI is InChI=1S/C13H13NO2/c15-13(12-2-1-7-16-12)10-3-4-11-9(8-10)5-6-14-11/h2-4,8,14H,1,5-7H2. The number of Topliss-reactive ketones (excluding diaryl/α,β-unsaturated/α-hetero) is 1. The Kier molecular flexibility index (Phi) is 2.17. The molecule has 0 fully saturated rings. The summed E-state index contributed by atoms with van der Waals surface area (Å²) in [7, 11) is 0. The highest BCUT2D eigenvalue weighted by atomic mass is 16.5. The largest absolute Gasteiger partial charge is 0.489 e. The van der Waals surface area contributed by atoms with E-state index in [2.05, 4.69) is 5.32 Å². The molecule has 2 heterocycles. The van der Waals surface area contributed by atoms with E-state index in [9.17, 15) is 4.79 Å². The van der Waals surface area contributed by atoms with Crippen molar-refractivity contribution in [2.45, 2.75) is 12.8 Å². The molecule has 0 radical (unpaired) electrons. The third kappa shape index (κ3) is 1.48. The minimum Gasteiger partial charge on any atom is -0.489 e. The van der Waals surface area contributed by atoms with Gasteiger partial charge >= 0.3 is 0 Å². The lowest BCUT2D eigenvalue weighted by molar-refractivity contribution is 0.0942. The van der Waals surface area contributed by atoms with Gasteiger partial charge in [0.15, 0.2) is 5.76 Å². The third-order valence-electron chi connectivity index (χ3n) is 3.01. The Bertz CT molecular complexity index is 477. The molecule has 0 bridgehead atoms. The second kappa shape index (κ2) is 3.67. The lowest BCUT2D eigenvalue weighted by Crippen LogP contribution is -2.04. The van der Waals surface area contributed by atoms with Gasteiger partial charge in [-0.05, 0) is 36.3 Å². The van der Waals surface area contributed by atoms with Crippen LogP contribution < -0.4 is 5.32 Å². The number of carbonyl (C=O) groups excluding carboxylic acids is 1. The quantitative estimate of drug-likeness (QED) is 0.768. The molecule has 82 valence electrons. The molecular weight excluding hydrogens is 202 g/mol. The number of benzene rings is 1. The van der Waals surface area contributed by atoms with Crippen molar-refractivity contribution in [1.82, 2.24) is 0 Å². The number of fused-ring (bicyclic) bond motifs is 1. The maximum Gasteiger partial charge on any atom is 0.227 e. The Labute approximate surface area is 94.1 Å². The molecule has 1 N–H and O–H groups in total. The number of ether oxygens (including phenoxy) is 1. The van der Waals surface area contributed by atoms with Crippen LogP contribution in [0.5, 0.6) is 0 Å². The molecule has 3 heteroatoms. The number of hydrogen-bond acceptors (Lipinski definition) is 3. The van der Waals surface area contributed by atoms with Gasteiger partial charge in [0.05, 0.1) is 6.61 Å². The first-order valence-corrected chi connectivity index (χ1v) is 5.59. The van der Waals surface area contributed by atoms with E-state index in [1.54, 1.807) is 0 Å². The molecule has 0 unspecified atom stereocenters. The molecule has 0 saturated heterocycles. The predicted octanol–water partition coefficient (Wildman–Crippen LogP) is 2.14. The molecule has 0 atom stereocenters. The smallest absolute Gasteiger partial charge is 0.227 e. The highest BCUT2D eigenvalue weighted by Crippen LogP contribution is 2.25. The van der Waals surface area contributed by atoms with E-state index in [-0.39, 0.29) is 5.78 Å². The van der Waals surface area contributed by atoms with Crippen molar-refractivity contribution in [3.8, 4) is 0 Å². The van der Waals surface area contributed by atoms with Crippen molar-refractivity contribution in [2.75, 3.05) is 18.5 Å². The second-order valence-corrected chi connectivity index (χ2v) is 4.08. The van der Waals surface area contributed by atoms with Crippen molar-refractivity contribution in [3.05, 3.63) is 41.2 Å². The van der Waals surface area contributed by atoms with E-state index < -0.39 is 0 Å². The summed E-state index contributed by atoms with van der Waals surface area (Å²) in [4.78, 5) is 12.0. The monoisotopic (exact) mass is 215 g/mol. The summed E-state index contributed by atoms with van der Waals surface area (Å²) in [6.07, 6.45) is 3.71. The number of ketones is 1. The number of carbonyl (C=O) groups is 1. The number of anilines is 1. The zero-order valence-electron chi connectivity index (χ0n) is 8.95. The molecule has 3 rings (SSSR count). The van der Waals surface area contributed by atoms with Crippen LogP contribution >= 0.6 is 0 Å². The third-order valence-corrected chi connectivity index (χ3v) is 3.01. The van der Waals surface area contributed by atoms with Gasteiger partial charge in [0, 0.05) is 24.2 Å². The Morgan fingerprint density at radius 2 is 2.31 bits per heavy atom. The van der Waals surface area contributed by atoms with E-state index in [0.717, 1.165) is 30.6 Å². The van der Waals surface area contributed by atoms with E-state index in [1.165, 1.54) is 5.56 Å².